The second-order valence-electron chi connectivity index (χ2n) is 5.15. The molecule has 6 nitrogen and oxygen atoms in total. The zero-order valence-electron chi connectivity index (χ0n) is 13.1. The smallest absolute Gasteiger partial charge is 0.234 e. The molecule has 1 amide bonds. The number of benzene rings is 2. The topological polar surface area (TPSA) is 85.8 Å². The molecule has 0 radical (unpaired) electrons. The number of nitrogens with two attached hydrogens (primary N) is 1. The van der Waals surface area contributed by atoms with Crippen LogP contribution >= 0.6 is 23.4 Å². The lowest BCUT2D eigenvalue weighted by atomic mass is 10.2. The molecular weight excluding hydrogens is 384 g/mol. The summed E-state index contributed by atoms with van der Waals surface area (Å²) in [6.45, 7) is 0. The Kier molecular flexibility index (Phi) is 5.38. The zero-order chi connectivity index (χ0) is 18.7. The number of carbonyl (C=O) groups is 1. The van der Waals surface area contributed by atoms with Crippen molar-refractivity contribution in [2.75, 3.05) is 16.9 Å². The average Bonchev–Trinajstić information content (AvgIpc) is 2.96. The number of hydrogen-bond donors (Lipinski definition) is 2. The Bertz CT molecular complexity index is 966. The molecule has 0 aliphatic rings. The van der Waals surface area contributed by atoms with Gasteiger partial charge in [0.05, 0.1) is 11.4 Å². The van der Waals surface area contributed by atoms with Gasteiger partial charge >= 0.3 is 0 Å². The average molecular weight is 396 g/mol. The number of amides is 1. The molecule has 3 aromatic rings. The Morgan fingerprint density at radius 2 is 2.04 bits per heavy atom. The molecule has 3 rings (SSSR count). The van der Waals surface area contributed by atoms with Crippen molar-refractivity contribution in [3.05, 3.63) is 59.1 Å². The van der Waals surface area contributed by atoms with Crippen molar-refractivity contribution in [1.29, 1.82) is 0 Å². The van der Waals surface area contributed by atoms with Crippen molar-refractivity contribution >= 4 is 35.0 Å². The highest BCUT2D eigenvalue weighted by Crippen LogP contribution is 2.23. The monoisotopic (exact) mass is 395 g/mol. The summed E-state index contributed by atoms with van der Waals surface area (Å²) in [7, 11) is 0. The van der Waals surface area contributed by atoms with Crippen molar-refractivity contribution in [1.82, 2.24) is 14.9 Å². The quantitative estimate of drug-likeness (QED) is 0.511. The van der Waals surface area contributed by atoms with Crippen molar-refractivity contribution in [3.8, 4) is 11.4 Å². The van der Waals surface area contributed by atoms with Gasteiger partial charge in [-0.1, -0.05) is 35.5 Å². The van der Waals surface area contributed by atoms with Crippen LogP contribution < -0.4 is 11.2 Å². The first-order valence-corrected chi connectivity index (χ1v) is 8.64. The Morgan fingerprint density at radius 3 is 2.77 bits per heavy atom. The highest BCUT2D eigenvalue weighted by atomic mass is 35.5. The van der Waals surface area contributed by atoms with Crippen molar-refractivity contribution in [2.45, 2.75) is 5.16 Å². The van der Waals surface area contributed by atoms with Crippen LogP contribution in [-0.2, 0) is 4.79 Å². The van der Waals surface area contributed by atoms with Crippen LogP contribution in [-0.4, -0.2) is 26.5 Å². The number of nitrogens with one attached hydrogen (secondary N) is 1. The summed E-state index contributed by atoms with van der Waals surface area (Å²) in [4.78, 5) is 12.0. The molecule has 0 aliphatic carbocycles. The number of halogens is 3. The third-order valence-corrected chi connectivity index (χ3v) is 4.46. The first-order chi connectivity index (χ1) is 12.4. The van der Waals surface area contributed by atoms with E-state index in [4.69, 9.17) is 17.4 Å². The summed E-state index contributed by atoms with van der Waals surface area (Å²) in [6, 6.07) is 9.69. The fraction of sp³-hybridized carbons (Fsp3) is 0.0625. The minimum Gasteiger partial charge on any atom is -0.335 e. The van der Waals surface area contributed by atoms with E-state index in [1.807, 2.05) is 0 Å². The van der Waals surface area contributed by atoms with Crippen LogP contribution in [0.25, 0.3) is 11.4 Å². The number of hydrogen-bond acceptors (Lipinski definition) is 5. The molecule has 0 aliphatic heterocycles. The zero-order valence-corrected chi connectivity index (χ0v) is 14.7. The van der Waals surface area contributed by atoms with Gasteiger partial charge in [0.15, 0.2) is 5.82 Å². The van der Waals surface area contributed by atoms with Gasteiger partial charge < -0.3 is 11.2 Å². The van der Waals surface area contributed by atoms with Gasteiger partial charge in [0.25, 0.3) is 0 Å². The van der Waals surface area contributed by atoms with E-state index in [1.165, 1.54) is 30.3 Å². The van der Waals surface area contributed by atoms with Gasteiger partial charge in [-0.15, -0.1) is 10.2 Å². The van der Waals surface area contributed by atoms with Crippen LogP contribution in [0.15, 0.2) is 47.6 Å². The molecule has 0 fully saturated rings. The number of aromatic nitrogens is 3. The predicted molar refractivity (Wildman–Crippen MR) is 96.3 cm³/mol. The molecule has 10 heteroatoms. The van der Waals surface area contributed by atoms with Crippen LogP contribution in [0.1, 0.15) is 0 Å². The van der Waals surface area contributed by atoms with E-state index in [0.717, 1.165) is 22.5 Å². The number of carbonyl (C=O) groups excluding carboxylic acids is 1. The van der Waals surface area contributed by atoms with Crippen LogP contribution in [0.2, 0.25) is 5.02 Å². The molecule has 0 saturated heterocycles. The Hall–Kier alpha value is -2.65. The minimum absolute atomic E-state index is 0.0228. The van der Waals surface area contributed by atoms with Crippen LogP contribution in [0.5, 0.6) is 0 Å². The van der Waals surface area contributed by atoms with Gasteiger partial charge in [0, 0.05) is 10.6 Å². The SMILES string of the molecule is Nn1c(SCC(=O)Nc2ccc(Cl)cc2F)nnc1-c1cccc(F)c1. The molecule has 1 heterocycles. The lowest BCUT2D eigenvalue weighted by molar-refractivity contribution is -0.113. The molecule has 0 unspecified atom stereocenters. The van der Waals surface area contributed by atoms with E-state index in [9.17, 15) is 13.6 Å². The van der Waals surface area contributed by atoms with E-state index < -0.39 is 17.5 Å². The number of anilines is 1. The standard InChI is InChI=1S/C16H12ClF2N5OS/c17-10-4-5-13(12(19)7-10)21-14(25)8-26-16-23-22-15(24(16)20)9-2-1-3-11(18)6-9/h1-7H,8,20H2,(H,21,25). The maximum atomic E-state index is 13.7. The Morgan fingerprint density at radius 1 is 1.23 bits per heavy atom. The van der Waals surface area contributed by atoms with Crippen molar-refractivity contribution in [2.24, 2.45) is 0 Å². The first kappa shape index (κ1) is 18.2. The molecular formula is C16H12ClF2N5OS. The molecule has 0 atom stereocenters. The number of thioether (sulfide) groups is 1. The van der Waals surface area contributed by atoms with Crippen molar-refractivity contribution in [3.63, 3.8) is 0 Å². The van der Waals surface area contributed by atoms with E-state index in [2.05, 4.69) is 15.5 Å². The van der Waals surface area contributed by atoms with Gasteiger partial charge in [0.1, 0.15) is 11.6 Å². The van der Waals surface area contributed by atoms with Gasteiger partial charge in [-0.25, -0.2) is 13.5 Å². The molecule has 2 aromatic carbocycles. The molecule has 3 N–H and O–H groups in total. The summed E-state index contributed by atoms with van der Waals surface area (Å²) < 4.78 is 28.2. The molecule has 26 heavy (non-hydrogen) atoms. The Labute approximate surface area is 156 Å². The second-order valence-corrected chi connectivity index (χ2v) is 6.53. The maximum Gasteiger partial charge on any atom is 0.234 e. The number of rotatable bonds is 5. The molecule has 0 spiro atoms. The van der Waals surface area contributed by atoms with Crippen LogP contribution in [0, 0.1) is 11.6 Å². The van der Waals surface area contributed by atoms with E-state index in [0.29, 0.717) is 5.56 Å². The highest BCUT2D eigenvalue weighted by Gasteiger charge is 2.15. The maximum absolute atomic E-state index is 13.7. The predicted octanol–water partition coefficient (Wildman–Crippen LogP) is 3.32. The minimum atomic E-state index is -0.633. The molecule has 0 bridgehead atoms. The summed E-state index contributed by atoms with van der Waals surface area (Å²) >= 11 is 6.68. The van der Waals surface area contributed by atoms with Gasteiger partial charge in [-0.3, -0.25) is 4.79 Å². The highest BCUT2D eigenvalue weighted by molar-refractivity contribution is 7.99. The van der Waals surface area contributed by atoms with Gasteiger partial charge in [-0.05, 0) is 30.3 Å². The first-order valence-electron chi connectivity index (χ1n) is 7.28. The van der Waals surface area contributed by atoms with E-state index in [-0.39, 0.29) is 27.4 Å². The third kappa shape index (κ3) is 4.12. The van der Waals surface area contributed by atoms with E-state index in [1.54, 1.807) is 6.07 Å². The molecule has 1 aromatic heterocycles. The summed E-state index contributed by atoms with van der Waals surface area (Å²) in [6.07, 6.45) is 0. The normalized spacial score (nSPS) is 10.7. The van der Waals surface area contributed by atoms with Gasteiger partial charge in [-0.2, -0.15) is 0 Å². The third-order valence-electron chi connectivity index (χ3n) is 3.28. The van der Waals surface area contributed by atoms with Crippen LogP contribution in [0.3, 0.4) is 0 Å². The number of nitrogen functional groups attached to an aromatic ring is 1. The fourth-order valence-electron chi connectivity index (χ4n) is 2.11. The molecule has 0 saturated carbocycles. The van der Waals surface area contributed by atoms with Gasteiger partial charge in [0.2, 0.25) is 11.1 Å². The number of nitrogens with zero attached hydrogens (tertiary/aromatic N) is 3. The summed E-state index contributed by atoms with van der Waals surface area (Å²) in [5.74, 6) is 4.59. The summed E-state index contributed by atoms with van der Waals surface area (Å²) in [5.41, 5.74) is 0.481. The van der Waals surface area contributed by atoms with Crippen molar-refractivity contribution < 1.29 is 13.6 Å². The fourth-order valence-corrected chi connectivity index (χ4v) is 2.92. The summed E-state index contributed by atoms with van der Waals surface area (Å²) in [5, 5.41) is 10.7. The molecule has 134 valence electrons. The Balaban J connectivity index is 1.66. The van der Waals surface area contributed by atoms with Crippen LogP contribution in [0.4, 0.5) is 14.5 Å². The largest absolute Gasteiger partial charge is 0.335 e. The second kappa shape index (κ2) is 7.71. The lowest BCUT2D eigenvalue weighted by Crippen LogP contribution is -2.17. The van der Waals surface area contributed by atoms with E-state index >= 15 is 0 Å². The lowest BCUT2D eigenvalue weighted by Gasteiger charge is -2.07.